The summed E-state index contributed by atoms with van der Waals surface area (Å²) in [5, 5.41) is 7.83. The van der Waals surface area contributed by atoms with Crippen LogP contribution in [-0.2, 0) is 11.3 Å². The van der Waals surface area contributed by atoms with Crippen LogP contribution in [0.2, 0.25) is 0 Å². The standard InChI is InChI=1S/C19H16F2N6O/c1-11-3-17(24-10-23-11)26-18-6-16-13(7-22-18)8-25-27(16)19-14(20)4-12(9-28-2)5-15(19)21/h3-8,10H,9H2,1-2H3,(H,22,23,24,26). The van der Waals surface area contributed by atoms with Crippen LogP contribution < -0.4 is 5.32 Å². The monoisotopic (exact) mass is 382 g/mol. The van der Waals surface area contributed by atoms with Crippen LogP contribution in [-0.4, -0.2) is 31.8 Å². The van der Waals surface area contributed by atoms with E-state index in [0.29, 0.717) is 28.1 Å². The van der Waals surface area contributed by atoms with E-state index >= 15 is 0 Å². The molecule has 0 aliphatic rings. The summed E-state index contributed by atoms with van der Waals surface area (Å²) >= 11 is 0. The van der Waals surface area contributed by atoms with Crippen molar-refractivity contribution < 1.29 is 13.5 Å². The average molecular weight is 382 g/mol. The summed E-state index contributed by atoms with van der Waals surface area (Å²) < 4.78 is 35.4. The molecule has 0 atom stereocenters. The Morgan fingerprint density at radius 1 is 1.00 bits per heavy atom. The van der Waals surface area contributed by atoms with Crippen LogP contribution >= 0.6 is 0 Å². The number of ether oxygens (including phenoxy) is 1. The Kier molecular flexibility index (Phi) is 4.66. The van der Waals surface area contributed by atoms with Gasteiger partial charge in [0.1, 0.15) is 23.7 Å². The fourth-order valence-corrected chi connectivity index (χ4v) is 2.89. The van der Waals surface area contributed by atoms with E-state index in [1.165, 1.54) is 36.4 Å². The number of anilines is 2. The molecule has 9 heteroatoms. The summed E-state index contributed by atoms with van der Waals surface area (Å²) in [4.78, 5) is 12.5. The van der Waals surface area contributed by atoms with Gasteiger partial charge in [0.15, 0.2) is 11.6 Å². The number of aromatic nitrogens is 5. The molecule has 0 saturated carbocycles. The van der Waals surface area contributed by atoms with Crippen molar-refractivity contribution >= 4 is 22.5 Å². The van der Waals surface area contributed by atoms with E-state index in [-0.39, 0.29) is 12.3 Å². The highest BCUT2D eigenvalue weighted by atomic mass is 19.1. The van der Waals surface area contributed by atoms with Gasteiger partial charge in [0, 0.05) is 36.5 Å². The van der Waals surface area contributed by atoms with Gasteiger partial charge in [-0.3, -0.25) is 0 Å². The van der Waals surface area contributed by atoms with Gasteiger partial charge in [-0.05, 0) is 24.6 Å². The molecule has 4 aromatic rings. The summed E-state index contributed by atoms with van der Waals surface area (Å²) in [6.07, 6.45) is 4.51. The summed E-state index contributed by atoms with van der Waals surface area (Å²) in [7, 11) is 1.46. The highest BCUT2D eigenvalue weighted by Gasteiger charge is 2.17. The molecule has 0 radical (unpaired) electrons. The summed E-state index contributed by atoms with van der Waals surface area (Å²) in [5.41, 5.74) is 1.44. The first-order chi connectivity index (χ1) is 13.5. The molecule has 0 amide bonds. The largest absolute Gasteiger partial charge is 0.380 e. The molecule has 7 nitrogen and oxygen atoms in total. The van der Waals surface area contributed by atoms with Gasteiger partial charge >= 0.3 is 0 Å². The third-order valence-electron chi connectivity index (χ3n) is 4.11. The van der Waals surface area contributed by atoms with Crippen molar-refractivity contribution in [2.75, 3.05) is 12.4 Å². The van der Waals surface area contributed by atoms with Gasteiger partial charge in [-0.1, -0.05) is 0 Å². The third kappa shape index (κ3) is 3.39. The SMILES string of the molecule is COCc1cc(F)c(-n2ncc3cnc(Nc4cc(C)ncn4)cc32)c(F)c1. The van der Waals surface area contributed by atoms with Crippen molar-refractivity contribution in [2.45, 2.75) is 13.5 Å². The van der Waals surface area contributed by atoms with E-state index in [1.807, 2.05) is 6.92 Å². The van der Waals surface area contributed by atoms with Crippen LogP contribution in [0.3, 0.4) is 0 Å². The number of hydrogen-bond donors (Lipinski definition) is 1. The molecular formula is C19H16F2N6O. The fourth-order valence-electron chi connectivity index (χ4n) is 2.89. The van der Waals surface area contributed by atoms with E-state index in [0.717, 1.165) is 5.69 Å². The number of methoxy groups -OCH3 is 1. The van der Waals surface area contributed by atoms with E-state index in [2.05, 4.69) is 25.4 Å². The molecule has 0 fully saturated rings. The minimum absolute atomic E-state index is 0.115. The maximum atomic E-state index is 14.6. The zero-order valence-corrected chi connectivity index (χ0v) is 15.1. The normalized spacial score (nSPS) is 11.1. The third-order valence-corrected chi connectivity index (χ3v) is 4.11. The average Bonchev–Trinajstić information content (AvgIpc) is 3.05. The van der Waals surface area contributed by atoms with Crippen LogP contribution in [0.25, 0.3) is 16.6 Å². The number of nitrogens with one attached hydrogen (secondary N) is 1. The zero-order chi connectivity index (χ0) is 19.7. The van der Waals surface area contributed by atoms with E-state index in [9.17, 15) is 8.78 Å². The number of benzene rings is 1. The lowest BCUT2D eigenvalue weighted by atomic mass is 10.2. The first kappa shape index (κ1) is 17.9. The van der Waals surface area contributed by atoms with E-state index < -0.39 is 11.6 Å². The maximum absolute atomic E-state index is 14.6. The number of rotatable bonds is 5. The maximum Gasteiger partial charge on any atom is 0.152 e. The smallest absolute Gasteiger partial charge is 0.152 e. The second kappa shape index (κ2) is 7.28. The number of pyridine rings is 1. The first-order valence-electron chi connectivity index (χ1n) is 8.42. The summed E-state index contributed by atoms with van der Waals surface area (Å²) in [6, 6.07) is 5.89. The minimum atomic E-state index is -0.727. The van der Waals surface area contributed by atoms with E-state index in [1.54, 1.807) is 18.3 Å². The lowest BCUT2D eigenvalue weighted by Crippen LogP contribution is -2.05. The molecule has 28 heavy (non-hydrogen) atoms. The highest BCUT2D eigenvalue weighted by molar-refractivity contribution is 5.82. The van der Waals surface area contributed by atoms with Crippen LogP contribution in [0.1, 0.15) is 11.3 Å². The van der Waals surface area contributed by atoms with Crippen molar-refractivity contribution in [3.05, 3.63) is 65.9 Å². The van der Waals surface area contributed by atoms with Crippen molar-refractivity contribution in [3.63, 3.8) is 0 Å². The summed E-state index contributed by atoms with van der Waals surface area (Å²) in [6.45, 7) is 1.96. The Labute approximate surface area is 159 Å². The summed E-state index contributed by atoms with van der Waals surface area (Å²) in [5.74, 6) is -0.430. The Bertz CT molecular complexity index is 1140. The fraction of sp³-hybridized carbons (Fsp3) is 0.158. The quantitative estimate of drug-likeness (QED) is 0.567. The highest BCUT2D eigenvalue weighted by Crippen LogP contribution is 2.26. The van der Waals surface area contributed by atoms with Crippen LogP contribution in [0.15, 0.2) is 43.0 Å². The Hall–Kier alpha value is -3.46. The number of hydrogen-bond acceptors (Lipinski definition) is 6. The van der Waals surface area contributed by atoms with Gasteiger partial charge in [0.2, 0.25) is 0 Å². The second-order valence-corrected chi connectivity index (χ2v) is 6.20. The number of halogens is 2. The lowest BCUT2D eigenvalue weighted by Gasteiger charge is -2.10. The number of nitrogens with zero attached hydrogens (tertiary/aromatic N) is 5. The Morgan fingerprint density at radius 3 is 2.46 bits per heavy atom. The molecule has 1 aromatic carbocycles. The molecule has 3 aromatic heterocycles. The van der Waals surface area contributed by atoms with Crippen molar-refractivity contribution in [1.29, 1.82) is 0 Å². The molecule has 0 saturated heterocycles. The molecule has 1 N–H and O–H groups in total. The van der Waals surface area contributed by atoms with Gasteiger partial charge in [0.05, 0.1) is 18.3 Å². The van der Waals surface area contributed by atoms with Gasteiger partial charge in [0.25, 0.3) is 0 Å². The topological polar surface area (TPSA) is 77.8 Å². The number of aryl methyl sites for hydroxylation is 1. The molecular weight excluding hydrogens is 366 g/mol. The van der Waals surface area contributed by atoms with Crippen molar-refractivity contribution in [3.8, 4) is 5.69 Å². The predicted octanol–water partition coefficient (Wildman–Crippen LogP) is 3.69. The second-order valence-electron chi connectivity index (χ2n) is 6.20. The molecule has 4 rings (SSSR count). The van der Waals surface area contributed by atoms with Crippen LogP contribution in [0.4, 0.5) is 20.4 Å². The molecule has 3 heterocycles. The van der Waals surface area contributed by atoms with Gasteiger partial charge < -0.3 is 10.1 Å². The zero-order valence-electron chi connectivity index (χ0n) is 15.1. The molecule has 0 bridgehead atoms. The van der Waals surface area contributed by atoms with Crippen LogP contribution in [0.5, 0.6) is 0 Å². The van der Waals surface area contributed by atoms with E-state index in [4.69, 9.17) is 4.74 Å². The minimum Gasteiger partial charge on any atom is -0.380 e. The molecule has 0 unspecified atom stereocenters. The van der Waals surface area contributed by atoms with Crippen molar-refractivity contribution in [2.24, 2.45) is 0 Å². The van der Waals surface area contributed by atoms with Crippen molar-refractivity contribution in [1.82, 2.24) is 24.7 Å². The van der Waals surface area contributed by atoms with Gasteiger partial charge in [-0.15, -0.1) is 0 Å². The molecule has 0 aliphatic carbocycles. The van der Waals surface area contributed by atoms with Gasteiger partial charge in [-0.2, -0.15) is 5.10 Å². The first-order valence-corrected chi connectivity index (χ1v) is 8.42. The van der Waals surface area contributed by atoms with Gasteiger partial charge in [-0.25, -0.2) is 28.4 Å². The number of fused-ring (bicyclic) bond motifs is 1. The molecule has 0 aliphatic heterocycles. The predicted molar refractivity (Wildman–Crippen MR) is 99.5 cm³/mol. The Balaban J connectivity index is 1.77. The molecule has 0 spiro atoms. The molecule has 142 valence electrons. The van der Waals surface area contributed by atoms with Crippen LogP contribution in [0, 0.1) is 18.6 Å². The lowest BCUT2D eigenvalue weighted by molar-refractivity contribution is 0.184. The Morgan fingerprint density at radius 2 is 1.75 bits per heavy atom.